The third kappa shape index (κ3) is 1.29. The Bertz CT molecular complexity index is 228. The molecule has 2 unspecified atom stereocenters. The van der Waals surface area contributed by atoms with Crippen molar-refractivity contribution in [2.75, 3.05) is 14.2 Å². The van der Waals surface area contributed by atoms with Gasteiger partial charge in [-0.05, 0) is 0 Å². The Morgan fingerprint density at radius 1 is 1.62 bits per heavy atom. The molecule has 0 aromatic heterocycles. The molecule has 0 spiro atoms. The van der Waals surface area contributed by atoms with Gasteiger partial charge in [0.2, 0.25) is 5.91 Å². The molecule has 1 aliphatic carbocycles. The van der Waals surface area contributed by atoms with Gasteiger partial charge in [0.25, 0.3) is 0 Å². The molecule has 1 N–H and O–H groups in total. The largest absolute Gasteiger partial charge is 0.405 e. The van der Waals surface area contributed by atoms with Crippen LogP contribution in [-0.2, 0) is 9.53 Å². The van der Waals surface area contributed by atoms with Gasteiger partial charge in [0.1, 0.15) is 0 Å². The lowest BCUT2D eigenvalue weighted by Gasteiger charge is -2.18. The fourth-order valence-electron chi connectivity index (χ4n) is 1.41. The van der Waals surface area contributed by atoms with E-state index in [0.29, 0.717) is 0 Å². The monoisotopic (exact) mass is 197 g/mol. The van der Waals surface area contributed by atoms with Crippen molar-refractivity contribution in [1.29, 1.82) is 0 Å². The molecule has 0 radical (unpaired) electrons. The summed E-state index contributed by atoms with van der Waals surface area (Å²) in [6, 6.07) is 0. The summed E-state index contributed by atoms with van der Waals surface area (Å²) in [5, 5.41) is 2.00. The van der Waals surface area contributed by atoms with Crippen LogP contribution < -0.4 is 5.32 Å². The smallest absolute Gasteiger partial charge is 0.380 e. The second kappa shape index (κ2) is 2.87. The molecule has 76 valence electrons. The molecule has 1 saturated carbocycles. The number of hydrogen-bond acceptors (Lipinski definition) is 2. The molecule has 0 saturated heterocycles. The predicted molar refractivity (Wildman–Crippen MR) is 38.0 cm³/mol. The maximum Gasteiger partial charge on any atom is 0.405 e. The Morgan fingerprint density at radius 2 is 2.15 bits per heavy atom. The van der Waals surface area contributed by atoms with Crippen molar-refractivity contribution < 1.29 is 22.7 Å². The molecule has 13 heavy (non-hydrogen) atoms. The molecule has 1 amide bonds. The van der Waals surface area contributed by atoms with E-state index < -0.39 is 23.6 Å². The first-order valence-electron chi connectivity index (χ1n) is 3.72. The van der Waals surface area contributed by atoms with E-state index >= 15 is 0 Å². The molecule has 0 aromatic carbocycles. The second-order valence-electron chi connectivity index (χ2n) is 2.98. The number of nitrogens with one attached hydrogen (secondary N) is 1. The van der Waals surface area contributed by atoms with E-state index in [2.05, 4.69) is 4.74 Å². The topological polar surface area (TPSA) is 38.3 Å². The van der Waals surface area contributed by atoms with Gasteiger partial charge < -0.3 is 10.1 Å². The Kier molecular flexibility index (Phi) is 2.27. The van der Waals surface area contributed by atoms with Gasteiger partial charge in [-0.3, -0.25) is 4.79 Å². The standard InChI is InChI=1S/C7H10F3NO2/c1-11-5(12)6(7(8,9)10)3-4(6)13-2/h4H,3H2,1-2H3,(H,11,12). The summed E-state index contributed by atoms with van der Waals surface area (Å²) in [7, 11) is 2.35. The number of alkyl halides is 3. The zero-order valence-electron chi connectivity index (χ0n) is 7.23. The number of carbonyl (C=O) groups is 1. The molecule has 1 aliphatic rings. The Balaban J connectivity index is 2.87. The molecule has 6 heteroatoms. The maximum absolute atomic E-state index is 12.4. The molecular formula is C7H10F3NO2. The van der Waals surface area contributed by atoms with E-state index in [-0.39, 0.29) is 6.42 Å². The summed E-state index contributed by atoms with van der Waals surface area (Å²) in [4.78, 5) is 11.0. The zero-order chi connectivity index (χ0) is 10.3. The fraction of sp³-hybridized carbons (Fsp3) is 0.857. The third-order valence-electron chi connectivity index (χ3n) is 2.32. The SMILES string of the molecule is CNC(=O)C1(C(F)(F)F)CC1OC. The quantitative estimate of drug-likeness (QED) is 0.707. The minimum atomic E-state index is -4.53. The van der Waals surface area contributed by atoms with Gasteiger partial charge in [0.05, 0.1) is 6.10 Å². The van der Waals surface area contributed by atoms with E-state index in [1.54, 1.807) is 0 Å². The van der Waals surface area contributed by atoms with Gasteiger partial charge in [-0.1, -0.05) is 0 Å². The van der Waals surface area contributed by atoms with E-state index in [4.69, 9.17) is 0 Å². The first-order chi connectivity index (χ1) is 5.90. The lowest BCUT2D eigenvalue weighted by Crippen LogP contribution is -2.42. The van der Waals surface area contributed by atoms with Crippen LogP contribution in [-0.4, -0.2) is 32.3 Å². The van der Waals surface area contributed by atoms with E-state index in [0.717, 1.165) is 0 Å². The molecule has 2 atom stereocenters. The lowest BCUT2D eigenvalue weighted by atomic mass is 10.1. The maximum atomic E-state index is 12.4. The number of rotatable bonds is 2. The Morgan fingerprint density at radius 3 is 2.38 bits per heavy atom. The highest BCUT2D eigenvalue weighted by atomic mass is 19.4. The summed E-state index contributed by atoms with van der Waals surface area (Å²) in [6.07, 6.45) is -5.85. The van der Waals surface area contributed by atoms with E-state index in [9.17, 15) is 18.0 Å². The Labute approximate surface area is 73.2 Å². The lowest BCUT2D eigenvalue weighted by molar-refractivity contribution is -0.200. The Hall–Kier alpha value is -0.780. The number of hydrogen-bond donors (Lipinski definition) is 1. The van der Waals surface area contributed by atoms with Crippen molar-refractivity contribution in [2.45, 2.75) is 18.7 Å². The fourth-order valence-corrected chi connectivity index (χ4v) is 1.41. The average Bonchev–Trinajstić information content (AvgIpc) is 2.77. The van der Waals surface area contributed by atoms with Gasteiger partial charge in [-0.2, -0.15) is 13.2 Å². The highest BCUT2D eigenvalue weighted by molar-refractivity contribution is 5.87. The van der Waals surface area contributed by atoms with Crippen molar-refractivity contribution in [3.63, 3.8) is 0 Å². The van der Waals surface area contributed by atoms with Crippen LogP contribution in [0.2, 0.25) is 0 Å². The van der Waals surface area contributed by atoms with Crippen LogP contribution in [0.5, 0.6) is 0 Å². The zero-order valence-corrected chi connectivity index (χ0v) is 7.23. The van der Waals surface area contributed by atoms with Crippen molar-refractivity contribution in [2.24, 2.45) is 5.41 Å². The third-order valence-corrected chi connectivity index (χ3v) is 2.32. The second-order valence-corrected chi connectivity index (χ2v) is 2.98. The van der Waals surface area contributed by atoms with Gasteiger partial charge in [0, 0.05) is 20.6 Å². The van der Waals surface area contributed by atoms with Gasteiger partial charge in [0.15, 0.2) is 5.41 Å². The first kappa shape index (κ1) is 10.3. The number of ether oxygens (including phenoxy) is 1. The first-order valence-corrected chi connectivity index (χ1v) is 3.72. The van der Waals surface area contributed by atoms with Crippen molar-refractivity contribution >= 4 is 5.91 Å². The molecule has 0 aromatic rings. The summed E-state index contributed by atoms with van der Waals surface area (Å²) in [5.74, 6) is -1.02. The number of halogens is 3. The van der Waals surface area contributed by atoms with Crippen LogP contribution >= 0.6 is 0 Å². The minimum Gasteiger partial charge on any atom is -0.380 e. The summed E-state index contributed by atoms with van der Waals surface area (Å²) >= 11 is 0. The normalized spacial score (nSPS) is 32.8. The number of methoxy groups -OCH3 is 1. The van der Waals surface area contributed by atoms with Crippen molar-refractivity contribution in [1.82, 2.24) is 5.32 Å². The van der Waals surface area contributed by atoms with E-state index in [1.807, 2.05) is 5.32 Å². The molecule has 0 heterocycles. The number of amides is 1. The molecular weight excluding hydrogens is 187 g/mol. The van der Waals surface area contributed by atoms with Crippen LogP contribution in [0.3, 0.4) is 0 Å². The highest BCUT2D eigenvalue weighted by Crippen LogP contribution is 2.59. The summed E-state index contributed by atoms with van der Waals surface area (Å²) in [5.41, 5.74) is -2.31. The molecule has 1 fully saturated rings. The average molecular weight is 197 g/mol. The van der Waals surface area contributed by atoms with Crippen LogP contribution in [0.1, 0.15) is 6.42 Å². The number of carbonyl (C=O) groups excluding carboxylic acids is 1. The summed E-state index contributed by atoms with van der Waals surface area (Å²) < 4.78 is 41.8. The van der Waals surface area contributed by atoms with Crippen molar-refractivity contribution in [3.05, 3.63) is 0 Å². The highest BCUT2D eigenvalue weighted by Gasteiger charge is 2.76. The molecule has 3 nitrogen and oxygen atoms in total. The predicted octanol–water partition coefficient (Wildman–Crippen LogP) is 0.700. The van der Waals surface area contributed by atoms with Crippen molar-refractivity contribution in [3.8, 4) is 0 Å². The van der Waals surface area contributed by atoms with E-state index in [1.165, 1.54) is 14.2 Å². The van der Waals surface area contributed by atoms with Crippen LogP contribution in [0.4, 0.5) is 13.2 Å². The van der Waals surface area contributed by atoms with Crippen LogP contribution in [0.15, 0.2) is 0 Å². The molecule has 0 aliphatic heterocycles. The minimum absolute atomic E-state index is 0.285. The van der Waals surface area contributed by atoms with Crippen LogP contribution in [0.25, 0.3) is 0 Å². The molecule has 0 bridgehead atoms. The van der Waals surface area contributed by atoms with Gasteiger partial charge in [-0.25, -0.2) is 0 Å². The molecule has 1 rings (SSSR count). The van der Waals surface area contributed by atoms with Gasteiger partial charge >= 0.3 is 6.18 Å². The van der Waals surface area contributed by atoms with Crippen LogP contribution in [0, 0.1) is 5.41 Å². The van der Waals surface area contributed by atoms with Gasteiger partial charge in [-0.15, -0.1) is 0 Å². The summed E-state index contributed by atoms with van der Waals surface area (Å²) in [6.45, 7) is 0.